The highest BCUT2D eigenvalue weighted by Gasteiger charge is 2.15. The number of rotatable bonds is 8. The summed E-state index contributed by atoms with van der Waals surface area (Å²) in [4.78, 5) is 47.9. The maximum absolute atomic E-state index is 12.8. The molecular formula is C28H17Cl2N3O7. The molecule has 0 atom stereocenters. The predicted octanol–water partition coefficient (Wildman–Crippen LogP) is 6.10. The van der Waals surface area contributed by atoms with E-state index in [4.69, 9.17) is 32.7 Å². The number of halogens is 2. The number of esters is 2. The first-order chi connectivity index (χ1) is 19.2. The third-order valence-corrected chi connectivity index (χ3v) is 5.77. The Labute approximate surface area is 236 Å². The quantitative estimate of drug-likeness (QED) is 0.0876. The summed E-state index contributed by atoms with van der Waals surface area (Å²) in [6.07, 6.45) is 1.22. The van der Waals surface area contributed by atoms with Gasteiger partial charge < -0.3 is 9.47 Å². The number of amides is 1. The van der Waals surface area contributed by atoms with Crippen molar-refractivity contribution in [2.75, 3.05) is 0 Å². The van der Waals surface area contributed by atoms with Crippen LogP contribution in [0, 0.1) is 10.1 Å². The Bertz CT molecular complexity index is 1600. The molecule has 4 aromatic carbocycles. The third kappa shape index (κ3) is 7.28. The maximum atomic E-state index is 12.8. The molecule has 0 saturated carbocycles. The number of benzene rings is 4. The summed E-state index contributed by atoms with van der Waals surface area (Å²) in [6, 6.07) is 21.3. The van der Waals surface area contributed by atoms with Crippen molar-refractivity contribution in [3.05, 3.63) is 133 Å². The smallest absolute Gasteiger partial charge is 0.343 e. The van der Waals surface area contributed by atoms with Crippen molar-refractivity contribution in [2.45, 2.75) is 0 Å². The first-order valence-electron chi connectivity index (χ1n) is 11.4. The predicted molar refractivity (Wildman–Crippen MR) is 147 cm³/mol. The zero-order chi connectivity index (χ0) is 28.6. The van der Waals surface area contributed by atoms with Crippen molar-refractivity contribution in [2.24, 2.45) is 5.10 Å². The fourth-order valence-corrected chi connectivity index (χ4v) is 3.48. The summed E-state index contributed by atoms with van der Waals surface area (Å²) in [5.41, 5.74) is 3.00. The number of nitrogens with zero attached hydrogens (tertiary/aromatic N) is 2. The molecule has 4 rings (SSSR count). The molecule has 12 heteroatoms. The van der Waals surface area contributed by atoms with Crippen LogP contribution in [-0.2, 0) is 0 Å². The Hall–Kier alpha value is -5.06. The first kappa shape index (κ1) is 28.0. The van der Waals surface area contributed by atoms with Gasteiger partial charge in [-0.25, -0.2) is 15.0 Å². The van der Waals surface area contributed by atoms with Gasteiger partial charge >= 0.3 is 11.9 Å². The van der Waals surface area contributed by atoms with Crippen LogP contribution < -0.4 is 14.9 Å². The van der Waals surface area contributed by atoms with Gasteiger partial charge in [-0.1, -0.05) is 23.2 Å². The first-order valence-corrected chi connectivity index (χ1v) is 12.1. The number of non-ortho nitro benzene ring substituents is 1. The SMILES string of the molecule is O=C(N/N=C\c1ccc(OC(=O)c2ccc(Cl)cc2)cc1OC(=O)c1ccc(Cl)cc1)c1ccc([N+](=O)[O-])cc1. The Balaban J connectivity index is 1.55. The van der Waals surface area contributed by atoms with Gasteiger partial charge in [0.1, 0.15) is 11.5 Å². The number of hydrogen-bond acceptors (Lipinski definition) is 8. The van der Waals surface area contributed by atoms with Gasteiger partial charge in [0.25, 0.3) is 11.6 Å². The van der Waals surface area contributed by atoms with Crippen LogP contribution >= 0.6 is 23.2 Å². The average Bonchev–Trinajstić information content (AvgIpc) is 2.94. The van der Waals surface area contributed by atoms with Crippen molar-refractivity contribution in [3.63, 3.8) is 0 Å². The lowest BCUT2D eigenvalue weighted by atomic mass is 10.2. The van der Waals surface area contributed by atoms with Crippen LogP contribution in [0.2, 0.25) is 10.0 Å². The molecule has 0 saturated heterocycles. The fourth-order valence-electron chi connectivity index (χ4n) is 3.23. The molecule has 0 heterocycles. The van der Waals surface area contributed by atoms with Crippen LogP contribution in [0.1, 0.15) is 36.6 Å². The minimum Gasteiger partial charge on any atom is -0.423 e. The molecule has 0 aliphatic carbocycles. The van der Waals surface area contributed by atoms with Crippen molar-refractivity contribution < 1.29 is 28.8 Å². The molecule has 0 unspecified atom stereocenters. The highest BCUT2D eigenvalue weighted by molar-refractivity contribution is 6.31. The van der Waals surface area contributed by atoms with Gasteiger partial charge in [0, 0.05) is 39.4 Å². The molecule has 0 fully saturated rings. The summed E-state index contributed by atoms with van der Waals surface area (Å²) >= 11 is 11.8. The topological polar surface area (TPSA) is 137 Å². The Kier molecular flexibility index (Phi) is 8.85. The zero-order valence-corrected chi connectivity index (χ0v) is 21.8. The lowest BCUT2D eigenvalue weighted by Crippen LogP contribution is -2.17. The molecule has 200 valence electrons. The van der Waals surface area contributed by atoms with Crippen molar-refractivity contribution in [3.8, 4) is 11.5 Å². The van der Waals surface area contributed by atoms with Gasteiger partial charge in [-0.2, -0.15) is 5.10 Å². The lowest BCUT2D eigenvalue weighted by molar-refractivity contribution is -0.384. The Morgan fingerprint density at radius 2 is 1.27 bits per heavy atom. The second-order valence-corrected chi connectivity index (χ2v) is 8.87. The third-order valence-electron chi connectivity index (χ3n) is 5.27. The number of carbonyl (C=O) groups excluding carboxylic acids is 3. The van der Waals surface area contributed by atoms with Crippen molar-refractivity contribution in [1.82, 2.24) is 5.43 Å². The molecule has 40 heavy (non-hydrogen) atoms. The number of hydrogen-bond donors (Lipinski definition) is 1. The van der Waals surface area contributed by atoms with Crippen molar-refractivity contribution in [1.29, 1.82) is 0 Å². The monoisotopic (exact) mass is 577 g/mol. The van der Waals surface area contributed by atoms with Crippen LogP contribution in [0.15, 0.2) is 96.1 Å². The van der Waals surface area contributed by atoms with Gasteiger partial charge in [0.15, 0.2) is 0 Å². The molecule has 4 aromatic rings. The van der Waals surface area contributed by atoms with Crippen LogP contribution in [0.3, 0.4) is 0 Å². The highest BCUT2D eigenvalue weighted by atomic mass is 35.5. The summed E-state index contributed by atoms with van der Waals surface area (Å²) in [7, 11) is 0. The Morgan fingerprint density at radius 3 is 1.82 bits per heavy atom. The second-order valence-electron chi connectivity index (χ2n) is 8.00. The van der Waals surface area contributed by atoms with Crippen LogP contribution in [0.5, 0.6) is 11.5 Å². The molecule has 0 aliphatic rings. The van der Waals surface area contributed by atoms with E-state index in [1.165, 1.54) is 85.1 Å². The molecule has 0 spiro atoms. The van der Waals surface area contributed by atoms with E-state index in [1.54, 1.807) is 12.1 Å². The second kappa shape index (κ2) is 12.7. The number of nitro groups is 1. The van der Waals surface area contributed by atoms with E-state index in [0.717, 1.165) is 0 Å². The largest absolute Gasteiger partial charge is 0.423 e. The maximum Gasteiger partial charge on any atom is 0.343 e. The number of nitro benzene ring substituents is 1. The molecule has 1 amide bonds. The molecule has 0 radical (unpaired) electrons. The lowest BCUT2D eigenvalue weighted by Gasteiger charge is -2.11. The van der Waals surface area contributed by atoms with E-state index in [0.29, 0.717) is 10.0 Å². The molecule has 0 aromatic heterocycles. The highest BCUT2D eigenvalue weighted by Crippen LogP contribution is 2.26. The zero-order valence-electron chi connectivity index (χ0n) is 20.2. The number of ether oxygens (including phenoxy) is 2. The molecule has 1 N–H and O–H groups in total. The summed E-state index contributed by atoms with van der Waals surface area (Å²) < 4.78 is 10.9. The minimum absolute atomic E-state index is 0.0188. The number of carbonyl (C=O) groups is 3. The van der Waals surface area contributed by atoms with Crippen LogP contribution in [0.4, 0.5) is 5.69 Å². The van der Waals surface area contributed by atoms with Gasteiger partial charge in [-0.05, 0) is 72.8 Å². The number of hydrazone groups is 1. The summed E-state index contributed by atoms with van der Waals surface area (Å²) in [6.45, 7) is 0. The van der Waals surface area contributed by atoms with Crippen LogP contribution in [-0.4, -0.2) is 29.0 Å². The molecule has 10 nitrogen and oxygen atoms in total. The summed E-state index contributed by atoms with van der Waals surface area (Å²) in [5, 5.41) is 15.6. The molecule has 0 bridgehead atoms. The van der Waals surface area contributed by atoms with E-state index >= 15 is 0 Å². The van der Waals surface area contributed by atoms with E-state index in [9.17, 15) is 24.5 Å². The van der Waals surface area contributed by atoms with Gasteiger partial charge in [-0.3, -0.25) is 14.9 Å². The average molecular weight is 578 g/mol. The molecular weight excluding hydrogens is 561 g/mol. The molecule has 0 aliphatic heterocycles. The van der Waals surface area contributed by atoms with Gasteiger partial charge in [-0.15, -0.1) is 0 Å². The normalized spacial score (nSPS) is 10.7. The van der Waals surface area contributed by atoms with Crippen molar-refractivity contribution >= 4 is 52.9 Å². The van der Waals surface area contributed by atoms with E-state index < -0.39 is 22.8 Å². The number of nitrogens with one attached hydrogen (secondary N) is 1. The van der Waals surface area contributed by atoms with Crippen LogP contribution in [0.25, 0.3) is 0 Å². The standard InChI is InChI=1S/C28H17Cl2N3O7/c29-21-8-1-18(2-9-21)27(35)39-24-14-7-20(25(15-24)40-28(36)19-3-10-22(30)11-4-19)16-31-32-26(34)17-5-12-23(13-6-17)33(37)38/h1-16H,(H,32,34)/b31-16-. The van der Waals surface area contributed by atoms with Gasteiger partial charge in [0.2, 0.25) is 0 Å². The fraction of sp³-hybridized carbons (Fsp3) is 0. The van der Waals surface area contributed by atoms with Gasteiger partial charge in [0.05, 0.1) is 22.3 Å². The van der Waals surface area contributed by atoms with E-state index in [1.807, 2.05) is 0 Å². The minimum atomic E-state index is -0.720. The Morgan fingerprint density at radius 1 is 0.750 bits per heavy atom. The van der Waals surface area contributed by atoms with E-state index in [2.05, 4.69) is 10.5 Å². The summed E-state index contributed by atoms with van der Waals surface area (Å²) in [5.74, 6) is -1.95. The van der Waals surface area contributed by atoms with E-state index in [-0.39, 0.29) is 39.4 Å².